The van der Waals surface area contributed by atoms with E-state index in [1.807, 2.05) is 27.7 Å². The van der Waals surface area contributed by atoms with Gasteiger partial charge >= 0.3 is 0 Å². The summed E-state index contributed by atoms with van der Waals surface area (Å²) in [5.74, 6) is -3.52. The van der Waals surface area contributed by atoms with Crippen LogP contribution in [0.15, 0.2) is 60.7 Å². The minimum atomic E-state index is -1.72. The fourth-order valence-electron chi connectivity index (χ4n) is 5.74. The molecule has 42 heavy (non-hydrogen) atoms. The largest absolute Gasteiger partial charge is 0.352 e. The first-order chi connectivity index (χ1) is 19.8. The van der Waals surface area contributed by atoms with Crippen LogP contribution >= 0.6 is 23.2 Å². The molecule has 3 N–H and O–H groups in total. The molecular formula is C32H32Cl2F2N4O2. The summed E-state index contributed by atoms with van der Waals surface area (Å²) in [7, 11) is 0. The molecule has 1 saturated heterocycles. The van der Waals surface area contributed by atoms with E-state index in [9.17, 15) is 14.9 Å². The van der Waals surface area contributed by atoms with Crippen molar-refractivity contribution in [2.24, 2.45) is 5.41 Å². The number of nitriles is 1. The number of benzene rings is 3. The van der Waals surface area contributed by atoms with Crippen LogP contribution in [0.3, 0.4) is 0 Å². The molecule has 1 aliphatic rings. The average molecular weight is 614 g/mol. The molecule has 2 amide bonds. The molecule has 0 bridgehead atoms. The summed E-state index contributed by atoms with van der Waals surface area (Å²) in [5.41, 5.74) is -1.27. The zero-order valence-electron chi connectivity index (χ0n) is 23.7. The number of hydrogen-bond acceptors (Lipinski definition) is 4. The highest BCUT2D eigenvalue weighted by Crippen LogP contribution is 2.52. The fraction of sp³-hybridized carbons (Fsp3) is 0.344. The maximum atomic E-state index is 15.8. The third-order valence-electron chi connectivity index (χ3n) is 7.48. The van der Waals surface area contributed by atoms with Crippen LogP contribution in [0.1, 0.15) is 61.5 Å². The Bertz CT molecular complexity index is 1530. The molecule has 0 radical (unpaired) electrons. The van der Waals surface area contributed by atoms with E-state index in [-0.39, 0.29) is 32.5 Å². The van der Waals surface area contributed by atoms with E-state index >= 15 is 8.78 Å². The summed E-state index contributed by atoms with van der Waals surface area (Å²) in [5, 5.41) is 19.7. The van der Waals surface area contributed by atoms with Gasteiger partial charge in [-0.25, -0.2) is 8.78 Å². The normalized spacial score (nSPS) is 21.9. The van der Waals surface area contributed by atoms with Crippen molar-refractivity contribution in [3.05, 3.63) is 99.0 Å². The van der Waals surface area contributed by atoms with E-state index in [4.69, 9.17) is 23.2 Å². The van der Waals surface area contributed by atoms with Crippen molar-refractivity contribution in [3.63, 3.8) is 0 Å². The van der Waals surface area contributed by atoms with E-state index < -0.39 is 41.0 Å². The van der Waals surface area contributed by atoms with E-state index in [0.717, 1.165) is 6.07 Å². The van der Waals surface area contributed by atoms with Crippen molar-refractivity contribution in [1.29, 1.82) is 5.26 Å². The summed E-state index contributed by atoms with van der Waals surface area (Å²) in [6.45, 7) is 8.18. The molecule has 3 aromatic rings. The van der Waals surface area contributed by atoms with Crippen molar-refractivity contribution in [1.82, 2.24) is 10.6 Å². The highest BCUT2D eigenvalue weighted by Gasteiger charge is 2.61. The van der Waals surface area contributed by atoms with Gasteiger partial charge in [0.1, 0.15) is 17.0 Å². The molecule has 0 spiro atoms. The predicted molar refractivity (Wildman–Crippen MR) is 161 cm³/mol. The van der Waals surface area contributed by atoms with Crippen molar-refractivity contribution >= 4 is 40.7 Å². The van der Waals surface area contributed by atoms with Crippen LogP contribution in [-0.2, 0) is 10.2 Å². The van der Waals surface area contributed by atoms with Gasteiger partial charge in [0.2, 0.25) is 5.91 Å². The van der Waals surface area contributed by atoms with Crippen molar-refractivity contribution in [2.45, 2.75) is 57.5 Å². The van der Waals surface area contributed by atoms with Crippen LogP contribution in [0.25, 0.3) is 0 Å². The Morgan fingerprint density at radius 2 is 1.76 bits per heavy atom. The Morgan fingerprint density at radius 1 is 1.07 bits per heavy atom. The third kappa shape index (κ3) is 6.14. The SMILES string of the molecule is CCNC(=O)c1ccc(NC(=O)C2N[C@@H](CC(C)(C)C)[C@](C#N)(c3ccc(Cl)cc3F)[C@H]2c2cccc(Cl)c2F)cc1. The summed E-state index contributed by atoms with van der Waals surface area (Å²) in [4.78, 5) is 26.1. The fourth-order valence-corrected chi connectivity index (χ4v) is 6.09. The first-order valence-corrected chi connectivity index (χ1v) is 14.3. The standard InChI is InChI=1S/C32H32Cl2F2N4O2/c1-5-38-29(41)18-9-12-20(13-10-18)39-30(42)28-26(21-7-6-8-23(34)27(21)36)32(17-37,25(40-28)16-31(2,3)4)22-14-11-19(33)15-24(22)35/h6-15,25-26,28,40H,5,16H2,1-4H3,(H,38,41)(H,39,42)/t25-,26-,28?,32-/m0/s1. The number of hydrogen-bond donors (Lipinski definition) is 3. The number of amides is 2. The molecule has 4 atom stereocenters. The summed E-state index contributed by atoms with van der Waals surface area (Å²) < 4.78 is 31.5. The summed E-state index contributed by atoms with van der Waals surface area (Å²) in [6.07, 6.45) is 0.354. The van der Waals surface area contributed by atoms with Gasteiger partial charge in [-0.2, -0.15) is 5.26 Å². The molecular weight excluding hydrogens is 581 g/mol. The Morgan fingerprint density at radius 3 is 2.36 bits per heavy atom. The molecule has 1 aliphatic heterocycles. The lowest BCUT2D eigenvalue weighted by Crippen LogP contribution is -2.45. The molecule has 1 unspecified atom stereocenters. The van der Waals surface area contributed by atoms with E-state index in [0.29, 0.717) is 24.2 Å². The Balaban J connectivity index is 1.87. The van der Waals surface area contributed by atoms with Gasteiger partial charge in [0, 0.05) is 40.3 Å². The lowest BCUT2D eigenvalue weighted by Gasteiger charge is -2.37. The molecule has 6 nitrogen and oxygen atoms in total. The minimum absolute atomic E-state index is 0.00196. The van der Waals surface area contributed by atoms with Crippen LogP contribution in [0.4, 0.5) is 14.5 Å². The van der Waals surface area contributed by atoms with Crippen LogP contribution in [0.2, 0.25) is 10.0 Å². The second-order valence-corrected chi connectivity index (χ2v) is 12.5. The van der Waals surface area contributed by atoms with Gasteiger partial charge in [0.15, 0.2) is 0 Å². The van der Waals surface area contributed by atoms with E-state index in [1.165, 1.54) is 30.3 Å². The highest BCUT2D eigenvalue weighted by molar-refractivity contribution is 6.31. The first-order valence-electron chi connectivity index (χ1n) is 13.6. The Hall–Kier alpha value is -3.51. The first kappa shape index (κ1) is 31.4. The lowest BCUT2D eigenvalue weighted by molar-refractivity contribution is -0.118. The maximum absolute atomic E-state index is 15.8. The van der Waals surface area contributed by atoms with Gasteiger partial charge < -0.3 is 16.0 Å². The molecule has 220 valence electrons. The van der Waals surface area contributed by atoms with Crippen LogP contribution in [0, 0.1) is 28.4 Å². The van der Waals surface area contributed by atoms with Gasteiger partial charge in [0.05, 0.1) is 17.1 Å². The number of carbonyl (C=O) groups excluding carboxylic acids is 2. The van der Waals surface area contributed by atoms with Crippen LogP contribution in [-0.4, -0.2) is 30.4 Å². The van der Waals surface area contributed by atoms with Gasteiger partial charge in [-0.05, 0) is 66.8 Å². The minimum Gasteiger partial charge on any atom is -0.352 e. The average Bonchev–Trinajstić information content (AvgIpc) is 3.23. The number of nitrogens with one attached hydrogen (secondary N) is 3. The van der Waals surface area contributed by atoms with E-state index in [1.54, 1.807) is 24.3 Å². The van der Waals surface area contributed by atoms with Crippen LogP contribution < -0.4 is 16.0 Å². The smallest absolute Gasteiger partial charge is 0.251 e. The molecule has 10 heteroatoms. The zero-order chi connectivity index (χ0) is 30.8. The molecule has 0 aliphatic carbocycles. The molecule has 0 saturated carbocycles. The number of carbonyl (C=O) groups is 2. The van der Waals surface area contributed by atoms with Gasteiger partial charge in [-0.3, -0.25) is 9.59 Å². The lowest BCUT2D eigenvalue weighted by atomic mass is 9.62. The topological polar surface area (TPSA) is 94.0 Å². The molecule has 1 heterocycles. The monoisotopic (exact) mass is 612 g/mol. The quantitative estimate of drug-likeness (QED) is 0.268. The zero-order valence-corrected chi connectivity index (χ0v) is 25.2. The predicted octanol–water partition coefficient (Wildman–Crippen LogP) is 6.98. The van der Waals surface area contributed by atoms with Crippen molar-refractivity contribution in [3.8, 4) is 6.07 Å². The van der Waals surface area contributed by atoms with Crippen molar-refractivity contribution < 1.29 is 18.4 Å². The number of halogens is 4. The number of rotatable bonds is 7. The second-order valence-electron chi connectivity index (χ2n) is 11.6. The molecule has 1 fully saturated rings. The van der Waals surface area contributed by atoms with Gasteiger partial charge in [0.25, 0.3) is 5.91 Å². The molecule has 0 aromatic heterocycles. The molecule has 4 rings (SSSR count). The Labute approximate surface area is 254 Å². The van der Waals surface area contributed by atoms with Gasteiger partial charge in [-0.1, -0.05) is 62.2 Å². The summed E-state index contributed by atoms with van der Waals surface area (Å²) >= 11 is 12.3. The van der Waals surface area contributed by atoms with Gasteiger partial charge in [-0.15, -0.1) is 0 Å². The van der Waals surface area contributed by atoms with E-state index in [2.05, 4.69) is 22.0 Å². The number of nitrogens with zero attached hydrogens (tertiary/aromatic N) is 1. The highest BCUT2D eigenvalue weighted by atomic mass is 35.5. The second kappa shape index (κ2) is 12.4. The summed E-state index contributed by atoms with van der Waals surface area (Å²) in [6, 6.07) is 15.1. The van der Waals surface area contributed by atoms with Crippen molar-refractivity contribution in [2.75, 3.05) is 11.9 Å². The third-order valence-corrected chi connectivity index (χ3v) is 8.01. The Kier molecular flexibility index (Phi) is 9.27. The van der Waals surface area contributed by atoms with Crippen LogP contribution in [0.5, 0.6) is 0 Å². The maximum Gasteiger partial charge on any atom is 0.251 e. The number of anilines is 1. The molecule has 3 aromatic carbocycles.